The van der Waals surface area contributed by atoms with E-state index < -0.39 is 0 Å². The van der Waals surface area contributed by atoms with Crippen molar-refractivity contribution in [1.29, 1.82) is 0 Å². The van der Waals surface area contributed by atoms with E-state index in [1.165, 1.54) is 30.7 Å². The van der Waals surface area contributed by atoms with Gasteiger partial charge in [-0.25, -0.2) is 4.98 Å². The van der Waals surface area contributed by atoms with Gasteiger partial charge in [0.15, 0.2) is 0 Å². The fourth-order valence-electron chi connectivity index (χ4n) is 3.04. The third kappa shape index (κ3) is 2.86. The van der Waals surface area contributed by atoms with Crippen molar-refractivity contribution in [2.24, 2.45) is 5.92 Å². The van der Waals surface area contributed by atoms with E-state index in [0.29, 0.717) is 0 Å². The third-order valence-electron chi connectivity index (χ3n) is 4.19. The molecule has 0 aliphatic carbocycles. The van der Waals surface area contributed by atoms with Gasteiger partial charge in [0.1, 0.15) is 5.82 Å². The van der Waals surface area contributed by atoms with Crippen LogP contribution in [-0.4, -0.2) is 36.4 Å². The first kappa shape index (κ1) is 13.6. The number of hydrogen-bond acceptors (Lipinski definition) is 3. The summed E-state index contributed by atoms with van der Waals surface area (Å²) in [6.45, 7) is 3.96. The van der Waals surface area contributed by atoms with Gasteiger partial charge in [-0.05, 0) is 44.0 Å². The van der Waals surface area contributed by atoms with Gasteiger partial charge in [-0.2, -0.15) is 0 Å². The molecule has 0 amide bonds. The van der Waals surface area contributed by atoms with E-state index in [2.05, 4.69) is 34.1 Å². The number of methoxy groups -OCH3 is 1. The molecule has 0 bridgehead atoms. The van der Waals surface area contributed by atoms with E-state index in [9.17, 15) is 0 Å². The van der Waals surface area contributed by atoms with Crippen molar-refractivity contribution in [3.63, 3.8) is 0 Å². The topological polar surface area (TPSA) is 39.1 Å². The third-order valence-corrected chi connectivity index (χ3v) is 4.19. The van der Waals surface area contributed by atoms with Crippen LogP contribution in [0.2, 0.25) is 0 Å². The molecule has 1 aliphatic rings. The van der Waals surface area contributed by atoms with E-state index in [1.54, 1.807) is 7.11 Å². The van der Waals surface area contributed by atoms with Crippen LogP contribution in [0, 0.1) is 5.92 Å². The number of imidazole rings is 1. The van der Waals surface area contributed by atoms with Gasteiger partial charge in [-0.1, -0.05) is 12.1 Å². The highest BCUT2D eigenvalue weighted by Gasteiger charge is 2.16. The van der Waals surface area contributed by atoms with Crippen LogP contribution in [0.5, 0.6) is 0 Å². The molecule has 1 unspecified atom stereocenters. The summed E-state index contributed by atoms with van der Waals surface area (Å²) in [4.78, 5) is 4.81. The molecule has 1 N–H and O–H groups in total. The average Bonchev–Trinajstić information content (AvgIpc) is 3.10. The second-order valence-electron chi connectivity index (χ2n) is 5.56. The lowest BCUT2D eigenvalue weighted by Gasteiger charge is -2.11. The average molecular weight is 273 g/mol. The van der Waals surface area contributed by atoms with Crippen molar-refractivity contribution in [2.75, 3.05) is 26.8 Å². The van der Waals surface area contributed by atoms with Crippen LogP contribution in [-0.2, 0) is 17.7 Å². The smallest absolute Gasteiger partial charge is 0.109 e. The molecule has 2 aromatic rings. The summed E-state index contributed by atoms with van der Waals surface area (Å²) >= 11 is 0. The highest BCUT2D eigenvalue weighted by atomic mass is 16.5. The number of hydrogen-bond donors (Lipinski definition) is 1. The van der Waals surface area contributed by atoms with Gasteiger partial charge in [-0.15, -0.1) is 0 Å². The summed E-state index contributed by atoms with van der Waals surface area (Å²) in [5, 5.41) is 3.44. The Labute approximate surface area is 120 Å². The summed E-state index contributed by atoms with van der Waals surface area (Å²) < 4.78 is 7.56. The van der Waals surface area contributed by atoms with Crippen LogP contribution in [0.1, 0.15) is 18.7 Å². The SMILES string of the molecule is COCCn1c(CCC2CCNC2)nc2ccccc21. The minimum absolute atomic E-state index is 0.734. The van der Waals surface area contributed by atoms with Crippen molar-refractivity contribution >= 4 is 11.0 Å². The summed E-state index contributed by atoms with van der Waals surface area (Å²) in [7, 11) is 1.75. The zero-order valence-electron chi connectivity index (χ0n) is 12.1. The Morgan fingerprint density at radius 2 is 2.30 bits per heavy atom. The van der Waals surface area contributed by atoms with E-state index in [0.717, 1.165) is 37.6 Å². The number of ether oxygens (including phenoxy) is 1. The van der Waals surface area contributed by atoms with Gasteiger partial charge in [0.05, 0.1) is 17.6 Å². The minimum Gasteiger partial charge on any atom is -0.383 e. The number of nitrogens with zero attached hydrogens (tertiary/aromatic N) is 2. The molecular weight excluding hydrogens is 250 g/mol. The van der Waals surface area contributed by atoms with Crippen LogP contribution < -0.4 is 5.32 Å². The molecule has 1 atom stereocenters. The molecule has 1 aromatic carbocycles. The van der Waals surface area contributed by atoms with Crippen molar-refractivity contribution in [3.05, 3.63) is 30.1 Å². The van der Waals surface area contributed by atoms with Crippen molar-refractivity contribution < 1.29 is 4.74 Å². The maximum atomic E-state index is 5.24. The van der Waals surface area contributed by atoms with Crippen molar-refractivity contribution in [3.8, 4) is 0 Å². The zero-order valence-corrected chi connectivity index (χ0v) is 12.1. The fourth-order valence-corrected chi connectivity index (χ4v) is 3.04. The molecule has 1 fully saturated rings. The highest BCUT2D eigenvalue weighted by Crippen LogP contribution is 2.20. The molecule has 1 aromatic heterocycles. The van der Waals surface area contributed by atoms with Gasteiger partial charge < -0.3 is 14.6 Å². The number of benzene rings is 1. The highest BCUT2D eigenvalue weighted by molar-refractivity contribution is 5.75. The quantitative estimate of drug-likeness (QED) is 0.877. The van der Waals surface area contributed by atoms with Crippen LogP contribution in [0.25, 0.3) is 11.0 Å². The Hall–Kier alpha value is -1.39. The number of fused-ring (bicyclic) bond motifs is 1. The zero-order chi connectivity index (χ0) is 13.8. The fraction of sp³-hybridized carbons (Fsp3) is 0.562. The van der Waals surface area contributed by atoms with Crippen LogP contribution in [0.4, 0.5) is 0 Å². The number of nitrogens with one attached hydrogen (secondary N) is 1. The lowest BCUT2D eigenvalue weighted by atomic mass is 10.0. The molecule has 0 radical (unpaired) electrons. The van der Waals surface area contributed by atoms with Crippen LogP contribution in [0.3, 0.4) is 0 Å². The maximum absolute atomic E-state index is 5.24. The van der Waals surface area contributed by atoms with E-state index >= 15 is 0 Å². The summed E-state index contributed by atoms with van der Waals surface area (Å²) in [6.07, 6.45) is 3.59. The number of aryl methyl sites for hydroxylation is 1. The lowest BCUT2D eigenvalue weighted by molar-refractivity contribution is 0.187. The Morgan fingerprint density at radius 3 is 3.10 bits per heavy atom. The molecule has 3 rings (SSSR count). The first-order valence-electron chi connectivity index (χ1n) is 7.52. The van der Waals surface area contributed by atoms with Gasteiger partial charge in [0, 0.05) is 20.1 Å². The first-order valence-corrected chi connectivity index (χ1v) is 7.52. The van der Waals surface area contributed by atoms with E-state index in [-0.39, 0.29) is 0 Å². The predicted molar refractivity (Wildman–Crippen MR) is 80.9 cm³/mol. The Kier molecular flexibility index (Phi) is 4.33. The van der Waals surface area contributed by atoms with Crippen molar-refractivity contribution in [2.45, 2.75) is 25.8 Å². The minimum atomic E-state index is 0.734. The monoisotopic (exact) mass is 273 g/mol. The molecule has 1 saturated heterocycles. The number of aromatic nitrogens is 2. The number of para-hydroxylation sites is 2. The number of rotatable bonds is 6. The molecule has 4 nitrogen and oxygen atoms in total. The molecule has 1 aliphatic heterocycles. The Bertz CT molecular complexity index is 558. The predicted octanol–water partition coefficient (Wildman–Crippen LogP) is 2.22. The van der Waals surface area contributed by atoms with E-state index in [4.69, 9.17) is 9.72 Å². The lowest BCUT2D eigenvalue weighted by Crippen LogP contribution is -2.12. The summed E-state index contributed by atoms with van der Waals surface area (Å²) in [6, 6.07) is 8.39. The van der Waals surface area contributed by atoms with Gasteiger partial charge in [-0.3, -0.25) is 0 Å². The van der Waals surface area contributed by atoms with Crippen molar-refractivity contribution in [1.82, 2.24) is 14.9 Å². The summed E-state index contributed by atoms with van der Waals surface area (Å²) in [5.41, 5.74) is 2.33. The maximum Gasteiger partial charge on any atom is 0.109 e. The van der Waals surface area contributed by atoms with Gasteiger partial charge in [0.25, 0.3) is 0 Å². The first-order chi connectivity index (χ1) is 9.88. The van der Waals surface area contributed by atoms with E-state index in [1.807, 2.05) is 0 Å². The normalized spacial score (nSPS) is 18.9. The second kappa shape index (κ2) is 6.37. The molecule has 2 heterocycles. The molecular formula is C16H23N3O. The summed E-state index contributed by atoms with van der Waals surface area (Å²) in [5.74, 6) is 2.01. The van der Waals surface area contributed by atoms with Gasteiger partial charge >= 0.3 is 0 Å². The standard InChI is InChI=1S/C16H23N3O/c1-20-11-10-19-15-5-3-2-4-14(15)18-16(19)7-6-13-8-9-17-12-13/h2-5,13,17H,6-12H2,1H3. The molecule has 108 valence electrons. The molecule has 4 heteroatoms. The molecule has 20 heavy (non-hydrogen) atoms. The molecule has 0 spiro atoms. The largest absolute Gasteiger partial charge is 0.383 e. The molecule has 0 saturated carbocycles. The Morgan fingerprint density at radius 1 is 1.40 bits per heavy atom. The Balaban J connectivity index is 1.79. The van der Waals surface area contributed by atoms with Crippen LogP contribution in [0.15, 0.2) is 24.3 Å². The van der Waals surface area contributed by atoms with Gasteiger partial charge in [0.2, 0.25) is 0 Å². The van der Waals surface area contributed by atoms with Crippen LogP contribution >= 0.6 is 0 Å². The second-order valence-corrected chi connectivity index (χ2v) is 5.56.